The Morgan fingerprint density at radius 1 is 1.22 bits per heavy atom. The summed E-state index contributed by atoms with van der Waals surface area (Å²) in [4.78, 5) is 15.1. The van der Waals surface area contributed by atoms with Crippen molar-refractivity contribution in [2.75, 3.05) is 6.61 Å². The molecule has 2 aromatic rings. The Hall–Kier alpha value is -2.40. The second-order valence-electron chi connectivity index (χ2n) is 5.40. The molecule has 0 spiro atoms. The van der Waals surface area contributed by atoms with Crippen LogP contribution < -0.4 is 10.5 Å². The summed E-state index contributed by atoms with van der Waals surface area (Å²) in [5, 5.41) is 8.80. The number of nitrogens with two attached hydrogens (primary N) is 1. The van der Waals surface area contributed by atoms with Crippen molar-refractivity contribution in [3.63, 3.8) is 0 Å². The predicted octanol–water partition coefficient (Wildman–Crippen LogP) is 2.22. The molecule has 0 bridgehead atoms. The minimum atomic E-state index is -0.994. The van der Waals surface area contributed by atoms with E-state index in [1.165, 1.54) is 5.56 Å². The van der Waals surface area contributed by atoms with E-state index in [1.54, 1.807) is 0 Å². The first kappa shape index (κ1) is 17.0. The minimum absolute atomic E-state index is 0.309. The van der Waals surface area contributed by atoms with Gasteiger partial charge in [-0.05, 0) is 42.2 Å². The third kappa shape index (κ3) is 5.38. The molecule has 1 heterocycles. The molecule has 23 heavy (non-hydrogen) atoms. The third-order valence-electron chi connectivity index (χ3n) is 3.62. The zero-order chi connectivity index (χ0) is 16.7. The lowest BCUT2D eigenvalue weighted by atomic mass is 10.1. The van der Waals surface area contributed by atoms with Crippen molar-refractivity contribution in [2.24, 2.45) is 5.73 Å². The van der Waals surface area contributed by atoms with Gasteiger partial charge in [0, 0.05) is 18.3 Å². The van der Waals surface area contributed by atoms with E-state index in [1.807, 2.05) is 36.5 Å². The van der Waals surface area contributed by atoms with Crippen LogP contribution >= 0.6 is 0 Å². The number of aryl methyl sites for hydroxylation is 1. The maximum Gasteiger partial charge on any atom is 0.320 e. The van der Waals surface area contributed by atoms with Crippen LogP contribution in [0.3, 0.4) is 0 Å². The molecule has 0 amide bonds. The summed E-state index contributed by atoms with van der Waals surface area (Å²) in [6, 6.07) is 10.6. The van der Waals surface area contributed by atoms with Gasteiger partial charge in [-0.3, -0.25) is 9.78 Å². The number of hydrogen-bond acceptors (Lipinski definition) is 4. The summed E-state index contributed by atoms with van der Waals surface area (Å²) >= 11 is 0. The monoisotopic (exact) mass is 314 g/mol. The third-order valence-corrected chi connectivity index (χ3v) is 3.62. The minimum Gasteiger partial charge on any atom is -0.493 e. The van der Waals surface area contributed by atoms with E-state index in [-0.39, 0.29) is 0 Å². The molecule has 3 N–H and O–H groups in total. The van der Waals surface area contributed by atoms with Gasteiger partial charge in [0.05, 0.1) is 6.61 Å². The van der Waals surface area contributed by atoms with Gasteiger partial charge in [-0.2, -0.15) is 0 Å². The van der Waals surface area contributed by atoms with Gasteiger partial charge in [0.15, 0.2) is 0 Å². The van der Waals surface area contributed by atoms with E-state index in [4.69, 9.17) is 15.6 Å². The SMILES string of the molecule is CCc1ccc(CCOc2ccc(CC(N)C(=O)O)cc2)nc1. The second-order valence-corrected chi connectivity index (χ2v) is 5.40. The number of nitrogens with zero attached hydrogens (tertiary/aromatic N) is 1. The molecule has 0 aliphatic heterocycles. The van der Waals surface area contributed by atoms with Crippen LogP contribution in [0.5, 0.6) is 5.75 Å². The molecule has 0 saturated heterocycles. The van der Waals surface area contributed by atoms with Crippen molar-refractivity contribution in [1.82, 2.24) is 4.98 Å². The van der Waals surface area contributed by atoms with Gasteiger partial charge in [-0.15, -0.1) is 0 Å². The van der Waals surface area contributed by atoms with Gasteiger partial charge in [-0.25, -0.2) is 0 Å². The zero-order valence-electron chi connectivity index (χ0n) is 13.2. The molecule has 122 valence electrons. The molecule has 0 saturated carbocycles. The van der Waals surface area contributed by atoms with Crippen molar-refractivity contribution in [3.8, 4) is 5.75 Å². The molecule has 1 aromatic carbocycles. The van der Waals surface area contributed by atoms with E-state index in [0.29, 0.717) is 13.0 Å². The Balaban J connectivity index is 1.80. The van der Waals surface area contributed by atoms with Gasteiger partial charge in [0.1, 0.15) is 11.8 Å². The number of carbonyl (C=O) groups is 1. The van der Waals surface area contributed by atoms with Crippen LogP contribution in [0.1, 0.15) is 23.7 Å². The smallest absolute Gasteiger partial charge is 0.320 e. The average Bonchev–Trinajstić information content (AvgIpc) is 2.57. The van der Waals surface area contributed by atoms with E-state index < -0.39 is 12.0 Å². The zero-order valence-corrected chi connectivity index (χ0v) is 13.2. The maximum atomic E-state index is 10.7. The fourth-order valence-corrected chi connectivity index (χ4v) is 2.15. The number of carboxylic acid groups (broad SMARTS) is 1. The van der Waals surface area contributed by atoms with E-state index in [2.05, 4.69) is 18.0 Å². The number of hydrogen-bond donors (Lipinski definition) is 2. The molecule has 0 fully saturated rings. The highest BCUT2D eigenvalue weighted by molar-refractivity contribution is 5.73. The lowest BCUT2D eigenvalue weighted by molar-refractivity contribution is -0.138. The van der Waals surface area contributed by atoms with E-state index in [0.717, 1.165) is 29.8 Å². The van der Waals surface area contributed by atoms with Crippen LogP contribution in [-0.2, 0) is 24.1 Å². The van der Waals surface area contributed by atoms with Gasteiger partial charge in [0.25, 0.3) is 0 Å². The number of aliphatic carboxylic acids is 1. The first-order valence-corrected chi connectivity index (χ1v) is 7.72. The topological polar surface area (TPSA) is 85.4 Å². The van der Waals surface area contributed by atoms with Crippen LogP contribution in [0.4, 0.5) is 0 Å². The normalized spacial score (nSPS) is 11.9. The van der Waals surface area contributed by atoms with Crippen molar-refractivity contribution in [1.29, 1.82) is 0 Å². The Labute approximate surface area is 136 Å². The molecule has 1 aromatic heterocycles. The molecule has 1 atom stereocenters. The summed E-state index contributed by atoms with van der Waals surface area (Å²) in [7, 11) is 0. The lowest BCUT2D eigenvalue weighted by Crippen LogP contribution is -2.32. The van der Waals surface area contributed by atoms with Crippen LogP contribution in [0, 0.1) is 0 Å². The standard InChI is InChI=1S/C18H22N2O3/c1-2-13-3-6-15(20-12-13)9-10-23-16-7-4-14(5-8-16)11-17(19)18(21)22/h3-8,12,17H,2,9-11,19H2,1H3,(H,21,22). The molecule has 0 aliphatic carbocycles. The van der Waals surface area contributed by atoms with Crippen molar-refractivity contribution >= 4 is 5.97 Å². The Morgan fingerprint density at radius 2 is 1.91 bits per heavy atom. The number of aromatic nitrogens is 1. The van der Waals surface area contributed by atoms with Crippen LogP contribution in [0.25, 0.3) is 0 Å². The maximum absolute atomic E-state index is 10.7. The fourth-order valence-electron chi connectivity index (χ4n) is 2.15. The summed E-state index contributed by atoms with van der Waals surface area (Å²) in [5.74, 6) is -0.241. The number of pyridine rings is 1. The summed E-state index contributed by atoms with van der Waals surface area (Å²) in [6.45, 7) is 2.65. The highest BCUT2D eigenvalue weighted by atomic mass is 16.5. The Morgan fingerprint density at radius 3 is 2.48 bits per heavy atom. The van der Waals surface area contributed by atoms with Crippen molar-refractivity contribution in [3.05, 3.63) is 59.4 Å². The summed E-state index contributed by atoms with van der Waals surface area (Å²) in [6.07, 6.45) is 3.94. The van der Waals surface area contributed by atoms with Crippen LogP contribution in [0.15, 0.2) is 42.6 Å². The van der Waals surface area contributed by atoms with Gasteiger partial charge >= 0.3 is 5.97 Å². The lowest BCUT2D eigenvalue weighted by Gasteiger charge is -2.09. The first-order chi connectivity index (χ1) is 11.1. The van der Waals surface area contributed by atoms with E-state index in [9.17, 15) is 4.79 Å². The predicted molar refractivity (Wildman–Crippen MR) is 88.6 cm³/mol. The number of ether oxygens (including phenoxy) is 1. The highest BCUT2D eigenvalue weighted by Gasteiger charge is 2.11. The highest BCUT2D eigenvalue weighted by Crippen LogP contribution is 2.14. The molecule has 5 nitrogen and oxygen atoms in total. The quantitative estimate of drug-likeness (QED) is 0.780. The molecule has 5 heteroatoms. The molecule has 2 rings (SSSR count). The van der Waals surface area contributed by atoms with Crippen LogP contribution in [-0.4, -0.2) is 28.7 Å². The molecular weight excluding hydrogens is 292 g/mol. The first-order valence-electron chi connectivity index (χ1n) is 7.72. The second kappa shape index (κ2) is 8.29. The number of benzene rings is 1. The molecule has 0 aliphatic rings. The summed E-state index contributed by atoms with van der Waals surface area (Å²) in [5.41, 5.74) is 8.63. The van der Waals surface area contributed by atoms with Gasteiger partial charge in [-0.1, -0.05) is 25.1 Å². The van der Waals surface area contributed by atoms with Crippen LogP contribution in [0.2, 0.25) is 0 Å². The largest absolute Gasteiger partial charge is 0.493 e. The fraction of sp³-hybridized carbons (Fsp3) is 0.333. The van der Waals surface area contributed by atoms with Gasteiger partial charge in [0.2, 0.25) is 0 Å². The van der Waals surface area contributed by atoms with Crippen molar-refractivity contribution in [2.45, 2.75) is 32.2 Å². The molecular formula is C18H22N2O3. The Kier molecular flexibility index (Phi) is 6.11. The number of rotatable bonds is 8. The Bertz CT molecular complexity index is 624. The summed E-state index contributed by atoms with van der Waals surface area (Å²) < 4.78 is 5.69. The average molecular weight is 314 g/mol. The van der Waals surface area contributed by atoms with Gasteiger partial charge < -0.3 is 15.6 Å². The number of carboxylic acids is 1. The molecule has 0 radical (unpaired) electrons. The molecule has 1 unspecified atom stereocenters. The van der Waals surface area contributed by atoms with E-state index >= 15 is 0 Å². The van der Waals surface area contributed by atoms with Crippen molar-refractivity contribution < 1.29 is 14.6 Å².